The summed E-state index contributed by atoms with van der Waals surface area (Å²) in [5, 5.41) is 3.42. The van der Waals surface area contributed by atoms with Gasteiger partial charge in [-0.1, -0.05) is 35.6 Å². The quantitative estimate of drug-likeness (QED) is 0.678. The third kappa shape index (κ3) is 3.29. The Hall–Kier alpha value is -1.94. The van der Waals surface area contributed by atoms with Gasteiger partial charge in [-0.2, -0.15) is 0 Å². The zero-order chi connectivity index (χ0) is 13.8. The first kappa shape index (κ1) is 13.5. The molecule has 0 saturated carbocycles. The summed E-state index contributed by atoms with van der Waals surface area (Å²) in [5.41, 5.74) is 3.30. The van der Waals surface area contributed by atoms with Crippen LogP contribution in [0.4, 0.5) is 5.13 Å². The van der Waals surface area contributed by atoms with E-state index in [-0.39, 0.29) is 5.91 Å². The molecule has 2 aromatic rings. The summed E-state index contributed by atoms with van der Waals surface area (Å²) in [4.78, 5) is 16.1. The van der Waals surface area contributed by atoms with E-state index in [9.17, 15) is 4.79 Å². The van der Waals surface area contributed by atoms with Gasteiger partial charge < -0.3 is 0 Å². The van der Waals surface area contributed by atoms with E-state index in [1.54, 1.807) is 6.08 Å². The molecule has 0 bridgehead atoms. The number of carbonyl (C=O) groups excluding carboxylic acids is 1. The smallest absolute Gasteiger partial charge is 0.250 e. The topological polar surface area (TPSA) is 42.0 Å². The van der Waals surface area contributed by atoms with Crippen LogP contribution in [0.5, 0.6) is 0 Å². The number of fused-ring (bicyclic) bond motifs is 1. The fraction of sp³-hybridized carbons (Fsp3) is 0.200. The third-order valence-corrected chi connectivity index (χ3v) is 3.53. The maximum atomic E-state index is 11.7. The molecule has 1 aromatic carbocycles. The van der Waals surface area contributed by atoms with Crippen LogP contribution in [0.3, 0.4) is 0 Å². The molecule has 0 aliphatic heterocycles. The van der Waals surface area contributed by atoms with Crippen molar-refractivity contribution in [1.82, 2.24) is 4.98 Å². The maximum Gasteiger partial charge on any atom is 0.250 e. The normalized spacial score (nSPS) is 11.7. The minimum absolute atomic E-state index is 0.161. The molecular formula is C15H16N2OS. The molecule has 0 radical (unpaired) electrons. The van der Waals surface area contributed by atoms with Crippen LogP contribution in [0.1, 0.15) is 18.1 Å². The van der Waals surface area contributed by atoms with Crippen molar-refractivity contribution in [3.63, 3.8) is 0 Å². The number of rotatable bonds is 3. The first-order valence-electron chi connectivity index (χ1n) is 6.08. The number of hydrogen-bond acceptors (Lipinski definition) is 3. The number of carbonyl (C=O) groups is 1. The predicted molar refractivity (Wildman–Crippen MR) is 81.7 cm³/mol. The van der Waals surface area contributed by atoms with Crippen LogP contribution in [0.15, 0.2) is 36.4 Å². The third-order valence-electron chi connectivity index (χ3n) is 2.61. The highest BCUT2D eigenvalue weighted by molar-refractivity contribution is 7.22. The van der Waals surface area contributed by atoms with Crippen molar-refractivity contribution in [1.29, 1.82) is 0 Å². The molecule has 0 aliphatic carbocycles. The summed E-state index contributed by atoms with van der Waals surface area (Å²) in [6, 6.07) is 4.19. The lowest BCUT2D eigenvalue weighted by Crippen LogP contribution is -2.07. The summed E-state index contributed by atoms with van der Waals surface area (Å²) in [6.45, 7) is 6.00. The van der Waals surface area contributed by atoms with Gasteiger partial charge in [-0.3, -0.25) is 10.1 Å². The van der Waals surface area contributed by atoms with Gasteiger partial charge in [0.05, 0.1) is 10.2 Å². The lowest BCUT2D eigenvalue weighted by atomic mass is 10.1. The fourth-order valence-electron chi connectivity index (χ4n) is 1.83. The van der Waals surface area contributed by atoms with E-state index in [1.807, 2.05) is 26.0 Å². The first-order chi connectivity index (χ1) is 9.10. The Morgan fingerprint density at radius 2 is 2.11 bits per heavy atom. The summed E-state index contributed by atoms with van der Waals surface area (Å²) in [6.07, 6.45) is 6.88. The van der Waals surface area contributed by atoms with Gasteiger partial charge in [0.1, 0.15) is 0 Å². The van der Waals surface area contributed by atoms with Gasteiger partial charge in [0.15, 0.2) is 5.13 Å². The van der Waals surface area contributed by atoms with E-state index in [4.69, 9.17) is 0 Å². The highest BCUT2D eigenvalue weighted by Crippen LogP contribution is 2.29. The number of aryl methyl sites for hydroxylation is 2. The summed E-state index contributed by atoms with van der Waals surface area (Å²) < 4.78 is 1.10. The second kappa shape index (κ2) is 5.80. The molecule has 2 rings (SSSR count). The zero-order valence-corrected chi connectivity index (χ0v) is 12.0. The van der Waals surface area contributed by atoms with E-state index >= 15 is 0 Å². The molecule has 98 valence electrons. The number of anilines is 1. The SMILES string of the molecule is C/C=C/C=C/C(=O)Nc1nc2c(C)cc(C)cc2s1. The molecular weight excluding hydrogens is 256 g/mol. The molecule has 1 aromatic heterocycles. The molecule has 0 atom stereocenters. The van der Waals surface area contributed by atoms with Gasteiger partial charge in [0.25, 0.3) is 0 Å². The fourth-order valence-corrected chi connectivity index (χ4v) is 2.87. The Labute approximate surface area is 116 Å². The van der Waals surface area contributed by atoms with Gasteiger partial charge in [-0.25, -0.2) is 4.98 Å². The second-order valence-corrected chi connectivity index (χ2v) is 5.35. The van der Waals surface area contributed by atoms with Crippen LogP contribution in [0.25, 0.3) is 10.2 Å². The van der Waals surface area contributed by atoms with Crippen LogP contribution in [0, 0.1) is 13.8 Å². The molecule has 19 heavy (non-hydrogen) atoms. The minimum atomic E-state index is -0.161. The summed E-state index contributed by atoms with van der Waals surface area (Å²) in [5.74, 6) is -0.161. The Morgan fingerprint density at radius 3 is 2.84 bits per heavy atom. The number of aromatic nitrogens is 1. The van der Waals surface area contributed by atoms with Crippen molar-refractivity contribution in [3.8, 4) is 0 Å². The lowest BCUT2D eigenvalue weighted by Gasteiger charge is -1.96. The Bertz CT molecular complexity index is 668. The van der Waals surface area contributed by atoms with E-state index in [2.05, 4.69) is 29.4 Å². The van der Waals surface area contributed by atoms with Crippen LogP contribution in [0.2, 0.25) is 0 Å². The predicted octanol–water partition coefficient (Wildman–Crippen LogP) is 3.98. The molecule has 0 fully saturated rings. The van der Waals surface area contributed by atoms with E-state index in [0.29, 0.717) is 5.13 Å². The lowest BCUT2D eigenvalue weighted by molar-refractivity contribution is -0.111. The minimum Gasteiger partial charge on any atom is -0.298 e. The van der Waals surface area contributed by atoms with Crippen molar-refractivity contribution in [2.45, 2.75) is 20.8 Å². The van der Waals surface area contributed by atoms with Gasteiger partial charge in [0, 0.05) is 6.08 Å². The van der Waals surface area contributed by atoms with Crippen molar-refractivity contribution >= 4 is 32.6 Å². The average Bonchev–Trinajstić information content (AvgIpc) is 2.72. The first-order valence-corrected chi connectivity index (χ1v) is 6.90. The van der Waals surface area contributed by atoms with Gasteiger partial charge in [-0.05, 0) is 38.0 Å². The van der Waals surface area contributed by atoms with Crippen molar-refractivity contribution in [2.75, 3.05) is 5.32 Å². The van der Waals surface area contributed by atoms with Crippen LogP contribution < -0.4 is 5.32 Å². The summed E-state index contributed by atoms with van der Waals surface area (Å²) >= 11 is 1.50. The number of benzene rings is 1. The van der Waals surface area contributed by atoms with Crippen molar-refractivity contribution in [2.24, 2.45) is 0 Å². The standard InChI is InChI=1S/C15H16N2OS/c1-4-5-6-7-13(18)16-15-17-14-11(3)8-10(2)9-12(14)19-15/h4-9H,1-3H3,(H,16,17,18)/b5-4+,7-6+. The number of nitrogens with zero attached hydrogens (tertiary/aromatic N) is 1. The number of hydrogen-bond donors (Lipinski definition) is 1. The van der Waals surface area contributed by atoms with Gasteiger partial charge in [-0.15, -0.1) is 0 Å². The molecule has 0 spiro atoms. The Morgan fingerprint density at radius 1 is 1.32 bits per heavy atom. The van der Waals surface area contributed by atoms with Crippen LogP contribution >= 0.6 is 11.3 Å². The molecule has 0 unspecified atom stereocenters. The largest absolute Gasteiger partial charge is 0.298 e. The van der Waals surface area contributed by atoms with Crippen LogP contribution in [-0.2, 0) is 4.79 Å². The Kier molecular flexibility index (Phi) is 4.12. The van der Waals surface area contributed by atoms with Crippen LogP contribution in [-0.4, -0.2) is 10.9 Å². The maximum absolute atomic E-state index is 11.7. The number of allylic oxidation sites excluding steroid dienone is 3. The zero-order valence-electron chi connectivity index (χ0n) is 11.2. The molecule has 0 aliphatic rings. The molecule has 1 amide bonds. The highest BCUT2D eigenvalue weighted by Gasteiger charge is 2.08. The van der Waals surface area contributed by atoms with Crippen molar-refractivity contribution < 1.29 is 4.79 Å². The van der Waals surface area contributed by atoms with Crippen molar-refractivity contribution in [3.05, 3.63) is 47.6 Å². The monoisotopic (exact) mass is 272 g/mol. The van der Waals surface area contributed by atoms with Gasteiger partial charge in [0.2, 0.25) is 5.91 Å². The van der Waals surface area contributed by atoms with E-state index in [1.165, 1.54) is 23.0 Å². The number of thiazole rings is 1. The molecule has 1 heterocycles. The number of amides is 1. The number of nitrogens with one attached hydrogen (secondary N) is 1. The molecule has 1 N–H and O–H groups in total. The Balaban J connectivity index is 2.22. The highest BCUT2D eigenvalue weighted by atomic mass is 32.1. The molecule has 3 nitrogen and oxygen atoms in total. The molecule has 0 saturated heterocycles. The average molecular weight is 272 g/mol. The molecule has 4 heteroatoms. The van der Waals surface area contributed by atoms with Gasteiger partial charge >= 0.3 is 0 Å². The summed E-state index contributed by atoms with van der Waals surface area (Å²) in [7, 11) is 0. The second-order valence-electron chi connectivity index (χ2n) is 4.32. The van der Waals surface area contributed by atoms with E-state index < -0.39 is 0 Å². The van der Waals surface area contributed by atoms with E-state index in [0.717, 1.165) is 15.8 Å².